The lowest BCUT2D eigenvalue weighted by atomic mass is 10.0. The summed E-state index contributed by atoms with van der Waals surface area (Å²) in [6.45, 7) is 2.00. The Morgan fingerprint density at radius 1 is 1.05 bits per heavy atom. The average Bonchev–Trinajstić information content (AvgIpc) is 2.77. The van der Waals surface area contributed by atoms with Crippen molar-refractivity contribution in [3.8, 4) is 0 Å². The largest absolute Gasteiger partial charge is 0.126 e. The molecule has 0 saturated heterocycles. The molecule has 0 amide bonds. The van der Waals surface area contributed by atoms with E-state index in [1.165, 1.54) is 10.8 Å². The number of aryl methyl sites for hydroxylation is 1. The molecule has 0 aliphatic heterocycles. The average molecular weight is 386 g/mol. The number of alkyl halides is 1. The molecule has 1 heterocycles. The monoisotopic (exact) mass is 384 g/mol. The lowest BCUT2D eigenvalue weighted by Crippen LogP contribution is -1.90. The maximum absolute atomic E-state index is 6.59. The van der Waals surface area contributed by atoms with Crippen LogP contribution in [0.25, 0.3) is 10.8 Å². The topological polar surface area (TPSA) is 0 Å². The second kappa shape index (κ2) is 5.69. The Labute approximate surface area is 140 Å². The fraction of sp³-hybridized carbons (Fsp3) is 0.125. The number of hydrogen-bond acceptors (Lipinski definition) is 1. The molecule has 0 aliphatic rings. The Kier molecular flexibility index (Phi) is 4.09. The van der Waals surface area contributed by atoms with Crippen LogP contribution in [0, 0.1) is 6.92 Å². The van der Waals surface area contributed by atoms with Crippen LogP contribution in [0.3, 0.4) is 0 Å². The van der Waals surface area contributed by atoms with Crippen molar-refractivity contribution in [1.29, 1.82) is 0 Å². The van der Waals surface area contributed by atoms with E-state index in [0.29, 0.717) is 0 Å². The minimum atomic E-state index is -0.153. The first kappa shape index (κ1) is 14.4. The molecule has 0 saturated carbocycles. The molecule has 0 radical (unpaired) electrons. The number of rotatable bonds is 2. The molecule has 20 heavy (non-hydrogen) atoms. The van der Waals surface area contributed by atoms with Crippen LogP contribution in [0.1, 0.15) is 21.4 Å². The fourth-order valence-corrected chi connectivity index (χ4v) is 4.10. The minimum Gasteiger partial charge on any atom is -0.126 e. The fourth-order valence-electron chi connectivity index (χ4n) is 2.17. The van der Waals surface area contributed by atoms with Gasteiger partial charge in [-0.2, -0.15) is 0 Å². The van der Waals surface area contributed by atoms with E-state index in [1.807, 2.05) is 13.0 Å². The summed E-state index contributed by atoms with van der Waals surface area (Å²) in [5.74, 6) is 0. The van der Waals surface area contributed by atoms with Gasteiger partial charge in [-0.15, -0.1) is 22.9 Å². The Hall–Kier alpha value is -0.540. The van der Waals surface area contributed by atoms with Crippen LogP contribution in [0.2, 0.25) is 4.34 Å². The van der Waals surface area contributed by atoms with E-state index < -0.39 is 0 Å². The van der Waals surface area contributed by atoms with Crippen LogP contribution >= 0.6 is 50.5 Å². The van der Waals surface area contributed by atoms with Gasteiger partial charge in [-0.25, -0.2) is 0 Å². The summed E-state index contributed by atoms with van der Waals surface area (Å²) in [6, 6.07) is 14.6. The van der Waals surface area contributed by atoms with Gasteiger partial charge in [0, 0.05) is 9.35 Å². The molecule has 0 spiro atoms. The summed E-state index contributed by atoms with van der Waals surface area (Å²) in [5.41, 5.74) is 2.18. The second-order valence-corrected chi connectivity index (χ2v) is 7.76. The molecule has 4 heteroatoms. The van der Waals surface area contributed by atoms with Gasteiger partial charge in [0.05, 0.1) is 9.71 Å². The Morgan fingerprint density at radius 3 is 2.45 bits per heavy atom. The van der Waals surface area contributed by atoms with Gasteiger partial charge in [-0.05, 0) is 53.1 Å². The van der Waals surface area contributed by atoms with Crippen LogP contribution < -0.4 is 0 Å². The molecule has 1 aromatic heterocycles. The molecule has 3 aromatic rings. The molecular formula is C16H11BrCl2S. The third-order valence-electron chi connectivity index (χ3n) is 3.25. The molecule has 2 aromatic carbocycles. The van der Waals surface area contributed by atoms with Crippen molar-refractivity contribution < 1.29 is 0 Å². The van der Waals surface area contributed by atoms with Crippen molar-refractivity contribution in [2.75, 3.05) is 0 Å². The maximum atomic E-state index is 6.59. The van der Waals surface area contributed by atoms with Crippen LogP contribution in [0.15, 0.2) is 46.9 Å². The van der Waals surface area contributed by atoms with E-state index in [4.69, 9.17) is 23.2 Å². The summed E-state index contributed by atoms with van der Waals surface area (Å²) in [6.07, 6.45) is 0. The first-order chi connectivity index (χ1) is 9.54. The van der Waals surface area contributed by atoms with Crippen LogP contribution in [-0.4, -0.2) is 0 Å². The maximum Gasteiger partial charge on any atom is 0.0960 e. The third kappa shape index (κ3) is 2.75. The van der Waals surface area contributed by atoms with Crippen LogP contribution in [0.5, 0.6) is 0 Å². The summed E-state index contributed by atoms with van der Waals surface area (Å²) in [5, 5.41) is 2.24. The van der Waals surface area contributed by atoms with E-state index in [2.05, 4.69) is 52.3 Å². The zero-order valence-electron chi connectivity index (χ0n) is 10.7. The first-order valence-corrected chi connectivity index (χ1v) is 8.56. The predicted molar refractivity (Wildman–Crippen MR) is 93.4 cm³/mol. The summed E-state index contributed by atoms with van der Waals surface area (Å²) in [4.78, 5) is 1.09. The first-order valence-electron chi connectivity index (χ1n) is 6.14. The highest BCUT2D eigenvalue weighted by Gasteiger charge is 2.15. The summed E-state index contributed by atoms with van der Waals surface area (Å²) >= 11 is 17.8. The quantitative estimate of drug-likeness (QED) is 0.418. The number of hydrogen-bond donors (Lipinski definition) is 0. The molecule has 1 unspecified atom stereocenters. The van der Waals surface area contributed by atoms with Gasteiger partial charge in [0.25, 0.3) is 0 Å². The molecule has 0 aliphatic carbocycles. The highest BCUT2D eigenvalue weighted by Crippen LogP contribution is 2.38. The minimum absolute atomic E-state index is 0.153. The highest BCUT2D eigenvalue weighted by molar-refractivity contribution is 9.10. The molecule has 3 rings (SSSR count). The molecule has 102 valence electrons. The van der Waals surface area contributed by atoms with Crippen molar-refractivity contribution in [3.05, 3.63) is 67.3 Å². The SMILES string of the molecule is Cc1cc(C(Cl)c2ccc3cc(Br)ccc3c2)sc1Cl. The van der Waals surface area contributed by atoms with Gasteiger partial charge in [0.15, 0.2) is 0 Å². The van der Waals surface area contributed by atoms with Crippen molar-refractivity contribution in [1.82, 2.24) is 0 Å². The molecule has 0 bridgehead atoms. The van der Waals surface area contributed by atoms with Crippen LogP contribution in [-0.2, 0) is 0 Å². The number of halogens is 3. The Bertz CT molecular complexity index is 760. The Balaban J connectivity index is 2.03. The van der Waals surface area contributed by atoms with Gasteiger partial charge in [-0.3, -0.25) is 0 Å². The van der Waals surface area contributed by atoms with Crippen molar-refractivity contribution in [3.63, 3.8) is 0 Å². The lowest BCUT2D eigenvalue weighted by molar-refractivity contribution is 1.19. The normalized spacial score (nSPS) is 12.8. The molecular weight excluding hydrogens is 375 g/mol. The van der Waals surface area contributed by atoms with Gasteiger partial charge < -0.3 is 0 Å². The summed E-state index contributed by atoms with van der Waals surface area (Å²) in [7, 11) is 0. The Morgan fingerprint density at radius 2 is 1.75 bits per heavy atom. The number of thiophene rings is 1. The molecule has 0 fully saturated rings. The predicted octanol–water partition coefficient (Wildman–Crippen LogP) is 6.95. The van der Waals surface area contributed by atoms with Gasteiger partial charge in [0.2, 0.25) is 0 Å². The van der Waals surface area contributed by atoms with E-state index >= 15 is 0 Å². The van der Waals surface area contributed by atoms with E-state index in [-0.39, 0.29) is 5.38 Å². The van der Waals surface area contributed by atoms with E-state index in [1.54, 1.807) is 11.3 Å². The summed E-state index contributed by atoms with van der Waals surface area (Å²) < 4.78 is 1.90. The second-order valence-electron chi connectivity index (χ2n) is 4.72. The van der Waals surface area contributed by atoms with Crippen molar-refractivity contribution in [2.24, 2.45) is 0 Å². The van der Waals surface area contributed by atoms with Gasteiger partial charge in [0.1, 0.15) is 0 Å². The number of benzene rings is 2. The molecule has 1 atom stereocenters. The van der Waals surface area contributed by atoms with Crippen LogP contribution in [0.4, 0.5) is 0 Å². The van der Waals surface area contributed by atoms with Gasteiger partial charge >= 0.3 is 0 Å². The van der Waals surface area contributed by atoms with E-state index in [9.17, 15) is 0 Å². The number of fused-ring (bicyclic) bond motifs is 1. The zero-order valence-corrected chi connectivity index (χ0v) is 14.6. The smallest absolute Gasteiger partial charge is 0.0960 e. The van der Waals surface area contributed by atoms with Gasteiger partial charge in [-0.1, -0.05) is 45.7 Å². The highest BCUT2D eigenvalue weighted by atomic mass is 79.9. The molecule has 0 nitrogen and oxygen atoms in total. The van der Waals surface area contributed by atoms with E-state index in [0.717, 1.165) is 24.8 Å². The zero-order chi connectivity index (χ0) is 14.3. The van der Waals surface area contributed by atoms with Crippen molar-refractivity contribution >= 4 is 61.2 Å². The standard InChI is InChI=1S/C16H11BrCl2S/c1-9-6-14(20-16(9)19)15(18)12-3-2-11-8-13(17)5-4-10(11)7-12/h2-8,15H,1H3. The lowest BCUT2D eigenvalue weighted by Gasteiger charge is -2.09. The van der Waals surface area contributed by atoms with Crippen molar-refractivity contribution in [2.45, 2.75) is 12.3 Å². The molecule has 0 N–H and O–H groups in total. The third-order valence-corrected chi connectivity index (χ3v) is 5.97.